The number of carbonyl (C=O) groups excluding carboxylic acids is 1. The highest BCUT2D eigenvalue weighted by Gasteiger charge is 2.61. The van der Waals surface area contributed by atoms with Crippen molar-refractivity contribution < 1.29 is 84.3 Å². The lowest BCUT2D eigenvalue weighted by Crippen LogP contribution is -2.62. The van der Waals surface area contributed by atoms with Crippen molar-refractivity contribution in [2.45, 2.75) is 92.1 Å². The average Bonchev–Trinajstić information content (AvgIpc) is 3.35. The van der Waals surface area contributed by atoms with Crippen LogP contribution < -0.4 is 5.32 Å². The summed E-state index contributed by atoms with van der Waals surface area (Å²) in [7, 11) is 0. The topological polar surface area (TPSA) is 287 Å². The zero-order chi connectivity index (χ0) is 30.6. The molecule has 12 atom stereocenters. The SMILES string of the molecule is CCCNC(=O)OC[C@H]1O[C@@](CO[C@@]2(CO)O[C@H](CO)[C@H](O)C2O)(OC[C@@]2(O)OC(CO)[C@@H](O)CC2O)C(O)[C@H]1O. The molecule has 18 nitrogen and oxygen atoms in total. The first kappa shape index (κ1) is 34.2. The van der Waals surface area contributed by atoms with E-state index < -0.39 is 124 Å². The van der Waals surface area contributed by atoms with Gasteiger partial charge in [0.05, 0.1) is 19.3 Å². The fourth-order valence-corrected chi connectivity index (χ4v) is 4.73. The standard InChI is InChI=1S/C23H41NO17/c1-2-3-24-20(34)36-7-14-17(31)19(33)23(41-14,10-38-22(8-27)18(32)16(30)13(6-26)40-22)37-9-21(35)15(29)4-11(28)12(5-25)39-21/h11-19,25-33,35H,2-10H2,1H3,(H,24,34)/t11-,12?,13+,14+,15?,16-,17-,18?,19?,21+,22-,23+/m0/s1. The summed E-state index contributed by atoms with van der Waals surface area (Å²) in [6.45, 7) is -3.04. The quantitative estimate of drug-likeness (QED) is 0.0933. The van der Waals surface area contributed by atoms with E-state index in [-0.39, 0.29) is 0 Å². The van der Waals surface area contributed by atoms with Crippen LogP contribution >= 0.6 is 0 Å². The second kappa shape index (κ2) is 14.0. The van der Waals surface area contributed by atoms with E-state index in [0.29, 0.717) is 13.0 Å². The molecule has 0 bridgehead atoms. The molecule has 11 N–H and O–H groups in total. The first-order valence-electron chi connectivity index (χ1n) is 13.2. The monoisotopic (exact) mass is 603 g/mol. The number of ether oxygens (including phenoxy) is 6. The molecule has 0 saturated carbocycles. The minimum atomic E-state index is -2.57. The van der Waals surface area contributed by atoms with Crippen molar-refractivity contribution in [2.75, 3.05) is 46.2 Å². The molecule has 41 heavy (non-hydrogen) atoms. The summed E-state index contributed by atoms with van der Waals surface area (Å²) in [6, 6.07) is 0. The maximum atomic E-state index is 11.9. The Kier molecular flexibility index (Phi) is 11.6. The number of nitrogens with one attached hydrogen (secondary N) is 1. The highest BCUT2D eigenvalue weighted by molar-refractivity contribution is 5.67. The predicted molar refractivity (Wildman–Crippen MR) is 128 cm³/mol. The Balaban J connectivity index is 1.83. The number of carbonyl (C=O) groups is 1. The van der Waals surface area contributed by atoms with Crippen molar-refractivity contribution in [1.82, 2.24) is 5.32 Å². The van der Waals surface area contributed by atoms with E-state index in [2.05, 4.69) is 5.32 Å². The largest absolute Gasteiger partial charge is 0.447 e. The summed E-state index contributed by atoms with van der Waals surface area (Å²) in [6.07, 6.45) is -15.3. The molecule has 240 valence electrons. The molecular formula is C23H41NO17. The van der Waals surface area contributed by atoms with E-state index in [1.165, 1.54) is 0 Å². The number of alkyl carbamates (subject to hydrolysis) is 1. The van der Waals surface area contributed by atoms with E-state index in [4.69, 9.17) is 28.4 Å². The van der Waals surface area contributed by atoms with Crippen molar-refractivity contribution in [2.24, 2.45) is 0 Å². The number of aliphatic hydroxyl groups is 10. The lowest BCUT2D eigenvalue weighted by molar-refractivity contribution is -0.381. The summed E-state index contributed by atoms with van der Waals surface area (Å²) in [5.74, 6) is -7.42. The molecule has 0 radical (unpaired) electrons. The second-order valence-corrected chi connectivity index (χ2v) is 10.3. The lowest BCUT2D eigenvalue weighted by atomic mass is 9.96. The molecule has 0 spiro atoms. The van der Waals surface area contributed by atoms with Gasteiger partial charge in [-0.25, -0.2) is 4.79 Å². The summed E-state index contributed by atoms with van der Waals surface area (Å²) in [5, 5.41) is 105. The first-order chi connectivity index (χ1) is 19.3. The molecule has 3 fully saturated rings. The molecule has 0 aliphatic carbocycles. The van der Waals surface area contributed by atoms with Crippen LogP contribution in [0.4, 0.5) is 4.79 Å². The summed E-state index contributed by atoms with van der Waals surface area (Å²) in [4.78, 5) is 11.9. The maximum absolute atomic E-state index is 11.9. The zero-order valence-electron chi connectivity index (χ0n) is 22.4. The number of amides is 1. The fraction of sp³-hybridized carbons (Fsp3) is 0.957. The van der Waals surface area contributed by atoms with Crippen molar-refractivity contribution >= 4 is 6.09 Å². The molecule has 3 aliphatic rings. The Morgan fingerprint density at radius 3 is 2.02 bits per heavy atom. The molecule has 3 aliphatic heterocycles. The number of rotatable bonds is 13. The number of aliphatic hydroxyl groups excluding tert-OH is 9. The molecule has 0 aromatic heterocycles. The summed E-state index contributed by atoms with van der Waals surface area (Å²) >= 11 is 0. The van der Waals surface area contributed by atoms with Gasteiger partial charge in [0.25, 0.3) is 0 Å². The van der Waals surface area contributed by atoms with Gasteiger partial charge in [-0.15, -0.1) is 0 Å². The molecule has 0 aromatic rings. The summed E-state index contributed by atoms with van der Waals surface area (Å²) < 4.78 is 32.5. The highest BCUT2D eigenvalue weighted by atomic mass is 16.8. The van der Waals surface area contributed by atoms with Crippen LogP contribution in [0.5, 0.6) is 0 Å². The van der Waals surface area contributed by atoms with Gasteiger partial charge in [-0.1, -0.05) is 6.92 Å². The predicted octanol–water partition coefficient (Wildman–Crippen LogP) is -6.03. The van der Waals surface area contributed by atoms with E-state index in [0.717, 1.165) is 0 Å². The minimum Gasteiger partial charge on any atom is -0.447 e. The van der Waals surface area contributed by atoms with Crippen molar-refractivity contribution in [3.05, 3.63) is 0 Å². The molecule has 0 aromatic carbocycles. The Morgan fingerprint density at radius 1 is 0.854 bits per heavy atom. The number of hydrogen-bond acceptors (Lipinski definition) is 17. The maximum Gasteiger partial charge on any atom is 0.407 e. The van der Waals surface area contributed by atoms with Gasteiger partial charge < -0.3 is 84.8 Å². The van der Waals surface area contributed by atoms with Crippen LogP contribution in [-0.2, 0) is 28.4 Å². The van der Waals surface area contributed by atoms with Crippen LogP contribution in [0, 0.1) is 0 Å². The minimum absolute atomic E-state index is 0.299. The van der Waals surface area contributed by atoms with Crippen molar-refractivity contribution in [3.63, 3.8) is 0 Å². The first-order valence-corrected chi connectivity index (χ1v) is 13.2. The third-order valence-electron chi connectivity index (χ3n) is 7.30. The van der Waals surface area contributed by atoms with Gasteiger partial charge in [-0.2, -0.15) is 0 Å². The normalized spacial score (nSPS) is 44.7. The van der Waals surface area contributed by atoms with Gasteiger partial charge >= 0.3 is 6.09 Å². The van der Waals surface area contributed by atoms with E-state index in [1.807, 2.05) is 6.92 Å². The smallest absolute Gasteiger partial charge is 0.407 e. The molecule has 3 saturated heterocycles. The van der Waals surface area contributed by atoms with Crippen LogP contribution in [0.15, 0.2) is 0 Å². The zero-order valence-corrected chi connectivity index (χ0v) is 22.4. The third-order valence-corrected chi connectivity index (χ3v) is 7.30. The van der Waals surface area contributed by atoms with Crippen LogP contribution in [0.2, 0.25) is 0 Å². The van der Waals surface area contributed by atoms with Crippen molar-refractivity contribution in [1.29, 1.82) is 0 Å². The fourth-order valence-electron chi connectivity index (χ4n) is 4.73. The molecule has 4 unspecified atom stereocenters. The van der Waals surface area contributed by atoms with E-state index in [9.17, 15) is 55.9 Å². The van der Waals surface area contributed by atoms with E-state index in [1.54, 1.807) is 0 Å². The molecule has 3 heterocycles. The van der Waals surface area contributed by atoms with Gasteiger partial charge in [-0.05, 0) is 6.42 Å². The van der Waals surface area contributed by atoms with Crippen molar-refractivity contribution in [3.8, 4) is 0 Å². The van der Waals surface area contributed by atoms with E-state index >= 15 is 0 Å². The van der Waals surface area contributed by atoms with Crippen LogP contribution in [0.3, 0.4) is 0 Å². The molecular weight excluding hydrogens is 562 g/mol. The molecule has 3 rings (SSSR count). The van der Waals surface area contributed by atoms with Crippen LogP contribution in [0.25, 0.3) is 0 Å². The second-order valence-electron chi connectivity index (χ2n) is 10.3. The Hall–Kier alpha value is -1.33. The lowest BCUT2D eigenvalue weighted by Gasteiger charge is -2.44. The average molecular weight is 604 g/mol. The molecule has 18 heteroatoms. The third kappa shape index (κ3) is 7.08. The van der Waals surface area contributed by atoms with Gasteiger partial charge in [0, 0.05) is 13.0 Å². The van der Waals surface area contributed by atoms with Gasteiger partial charge in [-0.3, -0.25) is 0 Å². The Bertz CT molecular complexity index is 855. The Labute approximate surface area is 234 Å². The summed E-state index contributed by atoms with van der Waals surface area (Å²) in [5.41, 5.74) is 0. The Morgan fingerprint density at radius 2 is 1.44 bits per heavy atom. The van der Waals surface area contributed by atoms with Crippen LogP contribution in [-0.4, -0.2) is 176 Å². The highest BCUT2D eigenvalue weighted by Crippen LogP contribution is 2.39. The number of hydrogen-bond donors (Lipinski definition) is 11. The van der Waals surface area contributed by atoms with Gasteiger partial charge in [0.2, 0.25) is 17.4 Å². The van der Waals surface area contributed by atoms with Gasteiger partial charge in [0.15, 0.2) is 0 Å². The van der Waals surface area contributed by atoms with Crippen LogP contribution in [0.1, 0.15) is 19.8 Å². The van der Waals surface area contributed by atoms with Gasteiger partial charge in [0.1, 0.15) is 75.3 Å². The molecule has 1 amide bonds.